The van der Waals surface area contributed by atoms with Crippen LogP contribution >= 0.6 is 0 Å². The number of hydrogen-bond donors (Lipinski definition) is 3. The summed E-state index contributed by atoms with van der Waals surface area (Å²) in [5.41, 5.74) is 0. The first kappa shape index (κ1) is 9.88. The van der Waals surface area contributed by atoms with Crippen molar-refractivity contribution < 1.29 is 24.8 Å². The van der Waals surface area contributed by atoms with E-state index in [1.165, 1.54) is 7.11 Å². The summed E-state index contributed by atoms with van der Waals surface area (Å²) in [6.45, 7) is 1.57. The first-order valence-corrected chi connectivity index (χ1v) is 3.80. The molecule has 1 fully saturated rings. The van der Waals surface area contributed by atoms with Crippen LogP contribution < -0.4 is 0 Å². The largest absolute Gasteiger partial charge is 0.388 e. The van der Waals surface area contributed by atoms with Crippen LogP contribution in [0.15, 0.2) is 0 Å². The fourth-order valence-electron chi connectivity index (χ4n) is 1.27. The van der Waals surface area contributed by atoms with Gasteiger partial charge in [0.1, 0.15) is 18.3 Å². The van der Waals surface area contributed by atoms with Crippen molar-refractivity contribution in [2.75, 3.05) is 7.11 Å². The molecular formula is C7H14O5. The van der Waals surface area contributed by atoms with Crippen LogP contribution in [0.1, 0.15) is 6.92 Å². The van der Waals surface area contributed by atoms with E-state index in [0.717, 1.165) is 0 Å². The van der Waals surface area contributed by atoms with Crippen molar-refractivity contribution in [3.8, 4) is 0 Å². The molecule has 72 valence electrons. The molecular weight excluding hydrogens is 164 g/mol. The summed E-state index contributed by atoms with van der Waals surface area (Å²) in [5, 5.41) is 27.9. The van der Waals surface area contributed by atoms with E-state index in [-0.39, 0.29) is 0 Å². The fraction of sp³-hybridized carbons (Fsp3) is 1.00. The van der Waals surface area contributed by atoms with Gasteiger partial charge in [-0.2, -0.15) is 0 Å². The molecule has 0 aromatic rings. The summed E-state index contributed by atoms with van der Waals surface area (Å²) in [6.07, 6.45) is -4.76. The predicted octanol–water partition coefficient (Wildman–Crippen LogP) is -1.54. The molecule has 1 aliphatic rings. The number of rotatable bonds is 1. The second-order valence-electron chi connectivity index (χ2n) is 2.91. The molecule has 0 spiro atoms. The Labute approximate surface area is 70.5 Å². The third-order valence-corrected chi connectivity index (χ3v) is 2.07. The van der Waals surface area contributed by atoms with Crippen LogP contribution in [0.5, 0.6) is 0 Å². The zero-order valence-electron chi connectivity index (χ0n) is 7.04. The van der Waals surface area contributed by atoms with Crippen LogP contribution in [-0.4, -0.2) is 53.1 Å². The van der Waals surface area contributed by atoms with Gasteiger partial charge in [0.2, 0.25) is 0 Å². The third-order valence-electron chi connectivity index (χ3n) is 2.07. The molecule has 0 aliphatic carbocycles. The second-order valence-corrected chi connectivity index (χ2v) is 2.91. The maximum Gasteiger partial charge on any atom is 0.184 e. The molecule has 0 aromatic heterocycles. The second kappa shape index (κ2) is 3.68. The minimum Gasteiger partial charge on any atom is -0.388 e. The molecule has 3 N–H and O–H groups in total. The molecule has 5 atom stereocenters. The zero-order chi connectivity index (χ0) is 9.30. The van der Waals surface area contributed by atoms with Crippen molar-refractivity contribution in [3.63, 3.8) is 0 Å². The number of aliphatic hydroxyl groups is 3. The first-order valence-electron chi connectivity index (χ1n) is 3.80. The van der Waals surface area contributed by atoms with Crippen LogP contribution in [0.25, 0.3) is 0 Å². The van der Waals surface area contributed by atoms with Crippen molar-refractivity contribution in [1.82, 2.24) is 0 Å². The van der Waals surface area contributed by atoms with Gasteiger partial charge in [-0.05, 0) is 6.92 Å². The van der Waals surface area contributed by atoms with Gasteiger partial charge in [0.05, 0.1) is 6.10 Å². The normalized spacial score (nSPS) is 49.2. The average Bonchev–Trinajstić information content (AvgIpc) is 2.01. The fourth-order valence-corrected chi connectivity index (χ4v) is 1.27. The highest BCUT2D eigenvalue weighted by Crippen LogP contribution is 2.20. The Bertz CT molecular complexity index is 151. The molecule has 0 aromatic carbocycles. The standard InChI is InChI=1S/C7H14O5/c1-3-4(8)5(9)6(11-2)7(10)12-3/h3-10H,1-2H3/t3-,4-,5-,6+,7+/m0/s1. The van der Waals surface area contributed by atoms with Crippen LogP contribution in [0.2, 0.25) is 0 Å². The van der Waals surface area contributed by atoms with Gasteiger partial charge in [-0.15, -0.1) is 0 Å². The van der Waals surface area contributed by atoms with Crippen molar-refractivity contribution in [2.45, 2.75) is 37.6 Å². The topological polar surface area (TPSA) is 79.2 Å². The van der Waals surface area contributed by atoms with E-state index >= 15 is 0 Å². The molecule has 0 bridgehead atoms. The molecule has 5 heteroatoms. The van der Waals surface area contributed by atoms with Crippen LogP contribution in [0.4, 0.5) is 0 Å². The number of methoxy groups -OCH3 is 1. The Morgan fingerprint density at radius 3 is 2.25 bits per heavy atom. The Kier molecular flexibility index (Phi) is 3.03. The van der Waals surface area contributed by atoms with Gasteiger partial charge in [-0.3, -0.25) is 0 Å². The predicted molar refractivity (Wildman–Crippen MR) is 39.4 cm³/mol. The summed E-state index contributed by atoms with van der Waals surface area (Å²) in [4.78, 5) is 0. The smallest absolute Gasteiger partial charge is 0.184 e. The highest BCUT2D eigenvalue weighted by atomic mass is 16.7. The summed E-state index contributed by atoms with van der Waals surface area (Å²) in [6, 6.07) is 0. The van der Waals surface area contributed by atoms with E-state index in [2.05, 4.69) is 0 Å². The maximum atomic E-state index is 9.36. The van der Waals surface area contributed by atoms with Crippen molar-refractivity contribution in [3.05, 3.63) is 0 Å². The lowest BCUT2D eigenvalue weighted by Crippen LogP contribution is -2.57. The van der Waals surface area contributed by atoms with E-state index in [1.54, 1.807) is 6.92 Å². The highest BCUT2D eigenvalue weighted by Gasteiger charge is 2.41. The Morgan fingerprint density at radius 2 is 1.75 bits per heavy atom. The number of aliphatic hydroxyl groups excluding tert-OH is 3. The van der Waals surface area contributed by atoms with Gasteiger partial charge >= 0.3 is 0 Å². The maximum absolute atomic E-state index is 9.36. The molecule has 0 unspecified atom stereocenters. The summed E-state index contributed by atoms with van der Waals surface area (Å²) in [5.74, 6) is 0. The van der Waals surface area contributed by atoms with Crippen molar-refractivity contribution >= 4 is 0 Å². The number of hydrogen-bond acceptors (Lipinski definition) is 5. The van der Waals surface area contributed by atoms with E-state index in [4.69, 9.17) is 9.47 Å². The van der Waals surface area contributed by atoms with Gasteiger partial charge in [-0.1, -0.05) is 0 Å². The van der Waals surface area contributed by atoms with Crippen molar-refractivity contribution in [2.24, 2.45) is 0 Å². The Hall–Kier alpha value is -0.200. The van der Waals surface area contributed by atoms with E-state index in [0.29, 0.717) is 0 Å². The lowest BCUT2D eigenvalue weighted by molar-refractivity contribution is -0.283. The lowest BCUT2D eigenvalue weighted by Gasteiger charge is -2.38. The molecule has 0 amide bonds. The summed E-state index contributed by atoms with van der Waals surface area (Å²) < 4.78 is 9.64. The van der Waals surface area contributed by atoms with Crippen LogP contribution in [0, 0.1) is 0 Å². The minimum absolute atomic E-state index is 0.582. The molecule has 1 heterocycles. The first-order chi connectivity index (χ1) is 5.57. The van der Waals surface area contributed by atoms with E-state index in [9.17, 15) is 15.3 Å². The van der Waals surface area contributed by atoms with Gasteiger partial charge in [0.15, 0.2) is 6.29 Å². The van der Waals surface area contributed by atoms with Crippen LogP contribution in [-0.2, 0) is 9.47 Å². The average molecular weight is 178 g/mol. The highest BCUT2D eigenvalue weighted by molar-refractivity contribution is 4.87. The lowest BCUT2D eigenvalue weighted by atomic mass is 10.00. The monoisotopic (exact) mass is 178 g/mol. The molecule has 12 heavy (non-hydrogen) atoms. The van der Waals surface area contributed by atoms with Gasteiger partial charge in [0.25, 0.3) is 0 Å². The molecule has 0 saturated carbocycles. The van der Waals surface area contributed by atoms with Gasteiger partial charge < -0.3 is 24.8 Å². The SMILES string of the molecule is CO[C@@H]1[C@@H](O)[C@@H](O)[C@H](C)O[C@H]1O. The van der Waals surface area contributed by atoms with E-state index < -0.39 is 30.7 Å². The quantitative estimate of drug-likeness (QED) is 0.453. The van der Waals surface area contributed by atoms with Crippen LogP contribution in [0.3, 0.4) is 0 Å². The Morgan fingerprint density at radius 1 is 1.17 bits per heavy atom. The molecule has 1 rings (SSSR count). The molecule has 0 radical (unpaired) electrons. The molecule has 1 aliphatic heterocycles. The Balaban J connectivity index is 2.65. The summed E-state index contributed by atoms with van der Waals surface area (Å²) in [7, 11) is 1.34. The third kappa shape index (κ3) is 1.60. The molecule has 5 nitrogen and oxygen atoms in total. The zero-order valence-corrected chi connectivity index (χ0v) is 7.04. The molecule has 1 saturated heterocycles. The van der Waals surface area contributed by atoms with Gasteiger partial charge in [-0.25, -0.2) is 0 Å². The van der Waals surface area contributed by atoms with Gasteiger partial charge in [0, 0.05) is 7.11 Å². The minimum atomic E-state index is -1.18. The van der Waals surface area contributed by atoms with Crippen molar-refractivity contribution in [1.29, 1.82) is 0 Å². The summed E-state index contributed by atoms with van der Waals surface area (Å²) >= 11 is 0. The van der Waals surface area contributed by atoms with E-state index in [1.807, 2.05) is 0 Å². The number of ether oxygens (including phenoxy) is 2.